The lowest BCUT2D eigenvalue weighted by molar-refractivity contribution is -0.140. The van der Waals surface area contributed by atoms with Crippen molar-refractivity contribution >= 4 is 15.4 Å². The molecule has 0 spiro atoms. The number of sulfone groups is 1. The molecule has 1 heterocycles. The van der Waals surface area contributed by atoms with Gasteiger partial charge in [0.25, 0.3) is 0 Å². The van der Waals surface area contributed by atoms with Gasteiger partial charge < -0.3 is 0 Å². The number of rotatable bonds is 5. The predicted molar refractivity (Wildman–Crippen MR) is 90.5 cm³/mol. The predicted octanol–water partition coefficient (Wildman–Crippen LogP) is 4.52. The fourth-order valence-corrected chi connectivity index (χ4v) is 2.89. The Morgan fingerprint density at radius 3 is 2.26 bits per heavy atom. The highest BCUT2D eigenvalue weighted by atomic mass is 32.2. The summed E-state index contributed by atoms with van der Waals surface area (Å²) in [5.41, 5.74) is -1.11. The smallest absolute Gasteiger partial charge is 0.299 e. The van der Waals surface area contributed by atoms with E-state index in [9.17, 15) is 30.4 Å². The van der Waals surface area contributed by atoms with E-state index in [2.05, 4.69) is 4.98 Å². The van der Waals surface area contributed by atoms with Crippen molar-refractivity contribution in [1.82, 2.24) is 9.55 Å². The molecule has 27 heavy (non-hydrogen) atoms. The summed E-state index contributed by atoms with van der Waals surface area (Å²) in [7, 11) is -3.49. The first kappa shape index (κ1) is 20.8. The Bertz CT molecular complexity index is 987. The summed E-state index contributed by atoms with van der Waals surface area (Å²) in [5, 5.41) is 0. The van der Waals surface area contributed by atoms with Gasteiger partial charge in [-0.1, -0.05) is 6.08 Å². The summed E-state index contributed by atoms with van der Waals surface area (Å²) in [6.07, 6.45) is -1.01. The van der Waals surface area contributed by atoms with Gasteiger partial charge in [0.15, 0.2) is 15.5 Å². The van der Waals surface area contributed by atoms with Gasteiger partial charge in [-0.05, 0) is 37.3 Å². The summed E-state index contributed by atoms with van der Waals surface area (Å²) in [5.74, 6) is -1.43. The van der Waals surface area contributed by atoms with Gasteiger partial charge in [0.05, 0.1) is 4.90 Å². The van der Waals surface area contributed by atoms with Crippen molar-refractivity contribution in [1.29, 1.82) is 0 Å². The lowest BCUT2D eigenvalue weighted by atomic mass is 10.2. The molecule has 0 aliphatic carbocycles. The number of hydrogen-bond acceptors (Lipinski definition) is 3. The first-order valence-corrected chi connectivity index (χ1v) is 9.42. The van der Waals surface area contributed by atoms with Gasteiger partial charge in [-0.25, -0.2) is 22.2 Å². The third kappa shape index (κ3) is 4.82. The monoisotopic (exact) mass is 406 g/mol. The third-order valence-electron chi connectivity index (χ3n) is 3.55. The fraction of sp³-hybridized carbons (Fsp3) is 0.235. The van der Waals surface area contributed by atoms with Gasteiger partial charge in [0, 0.05) is 23.7 Å². The van der Waals surface area contributed by atoms with E-state index in [-0.39, 0.29) is 22.0 Å². The van der Waals surface area contributed by atoms with Crippen LogP contribution in [-0.2, 0) is 16.0 Å². The average Bonchev–Trinajstić information content (AvgIpc) is 3.04. The minimum absolute atomic E-state index is 0.0152. The minimum atomic E-state index is -4.76. The van der Waals surface area contributed by atoms with Crippen LogP contribution >= 0.6 is 0 Å². The molecular formula is C17H15F5N2O2S. The molecule has 2 rings (SSSR count). The molecule has 1 aromatic heterocycles. The molecule has 0 saturated carbocycles. The third-order valence-corrected chi connectivity index (χ3v) is 4.68. The Hall–Kier alpha value is -2.49. The molecule has 0 amide bonds. The molecule has 10 heteroatoms. The zero-order chi connectivity index (χ0) is 20.4. The topological polar surface area (TPSA) is 52.0 Å². The molecule has 146 valence electrons. The Balaban J connectivity index is 2.66. The molecular weight excluding hydrogens is 391 g/mol. The van der Waals surface area contributed by atoms with Crippen molar-refractivity contribution in [3.8, 4) is 5.69 Å². The number of hydrogen-bond donors (Lipinski definition) is 0. The number of benzene rings is 1. The quantitative estimate of drug-likeness (QED) is 0.542. The number of imidazole rings is 1. The molecule has 0 atom stereocenters. The maximum Gasteiger partial charge on any atom is 0.434 e. The molecule has 4 nitrogen and oxygen atoms in total. The van der Waals surface area contributed by atoms with E-state index < -0.39 is 34.2 Å². The standard InChI is InChI=1S/C17H15F5N2O2S/c1-3-11(8-12(19)9-18)16-23-15(17(20,21)22)10-24(16)13-4-6-14(7-5-13)27(2,25)26/h3-8,10H,9H2,1-2H3/b11-3+,12-8+. The van der Waals surface area contributed by atoms with Crippen molar-refractivity contribution in [2.75, 3.05) is 12.9 Å². The van der Waals surface area contributed by atoms with Crippen LogP contribution in [0.1, 0.15) is 18.4 Å². The summed E-state index contributed by atoms with van der Waals surface area (Å²) in [6.45, 7) is 0.0314. The SMILES string of the molecule is C/C=C(\C=C(\F)CF)c1nc(C(F)(F)F)cn1-c1ccc(S(C)(=O)=O)cc1. The number of halogens is 5. The molecule has 0 N–H and O–H groups in total. The van der Waals surface area contributed by atoms with E-state index >= 15 is 0 Å². The Morgan fingerprint density at radius 2 is 1.81 bits per heavy atom. The first-order chi connectivity index (χ1) is 12.5. The molecule has 0 aliphatic rings. The minimum Gasteiger partial charge on any atom is -0.299 e. The number of nitrogens with zero attached hydrogens (tertiary/aromatic N) is 2. The largest absolute Gasteiger partial charge is 0.434 e. The molecule has 0 fully saturated rings. The molecule has 1 aromatic carbocycles. The second kappa shape index (κ2) is 7.63. The zero-order valence-corrected chi connectivity index (χ0v) is 15.1. The van der Waals surface area contributed by atoms with Crippen LogP contribution in [0.25, 0.3) is 11.3 Å². The molecule has 0 saturated heterocycles. The van der Waals surface area contributed by atoms with Crippen molar-refractivity contribution in [2.45, 2.75) is 18.0 Å². The van der Waals surface area contributed by atoms with E-state index in [0.29, 0.717) is 6.20 Å². The number of allylic oxidation sites excluding steroid dienone is 4. The molecule has 0 unspecified atom stereocenters. The van der Waals surface area contributed by atoms with Crippen molar-refractivity contribution in [3.63, 3.8) is 0 Å². The van der Waals surface area contributed by atoms with Crippen LogP contribution in [0.4, 0.5) is 22.0 Å². The normalized spacial score (nSPS) is 13.9. The van der Waals surface area contributed by atoms with E-state index in [1.54, 1.807) is 0 Å². The molecule has 2 aromatic rings. The van der Waals surface area contributed by atoms with E-state index in [1.807, 2.05) is 0 Å². The fourth-order valence-electron chi connectivity index (χ4n) is 2.26. The average molecular weight is 406 g/mol. The van der Waals surface area contributed by atoms with E-state index in [0.717, 1.165) is 16.9 Å². The Kier molecular flexibility index (Phi) is 5.88. The highest BCUT2D eigenvalue weighted by molar-refractivity contribution is 7.90. The summed E-state index contributed by atoms with van der Waals surface area (Å²) >= 11 is 0. The molecule has 0 aliphatic heterocycles. The highest BCUT2D eigenvalue weighted by Crippen LogP contribution is 2.32. The number of alkyl halides is 4. The van der Waals surface area contributed by atoms with E-state index in [4.69, 9.17) is 0 Å². The van der Waals surface area contributed by atoms with Crippen LogP contribution in [0.2, 0.25) is 0 Å². The highest BCUT2D eigenvalue weighted by Gasteiger charge is 2.35. The maximum atomic E-state index is 13.3. The van der Waals surface area contributed by atoms with Crippen LogP contribution in [-0.4, -0.2) is 30.9 Å². The van der Waals surface area contributed by atoms with Gasteiger partial charge in [-0.2, -0.15) is 13.2 Å². The summed E-state index contributed by atoms with van der Waals surface area (Å²) < 4.78 is 89.1. The van der Waals surface area contributed by atoms with E-state index in [1.165, 1.54) is 37.3 Å². The van der Waals surface area contributed by atoms with Gasteiger partial charge in [0.1, 0.15) is 18.3 Å². The maximum absolute atomic E-state index is 13.3. The van der Waals surface area contributed by atoms with Gasteiger partial charge >= 0.3 is 6.18 Å². The molecule has 0 radical (unpaired) electrons. The Labute approximate surface area is 152 Å². The molecule has 0 bridgehead atoms. The second-order valence-electron chi connectivity index (χ2n) is 5.55. The van der Waals surface area contributed by atoms with Gasteiger partial charge in [-0.15, -0.1) is 0 Å². The lowest BCUT2D eigenvalue weighted by Crippen LogP contribution is -2.05. The van der Waals surface area contributed by atoms with Gasteiger partial charge in [-0.3, -0.25) is 4.57 Å². The summed E-state index contributed by atoms with van der Waals surface area (Å²) in [4.78, 5) is 3.49. The zero-order valence-electron chi connectivity index (χ0n) is 14.3. The lowest BCUT2D eigenvalue weighted by Gasteiger charge is -2.09. The second-order valence-corrected chi connectivity index (χ2v) is 7.57. The van der Waals surface area contributed by atoms with Crippen LogP contribution in [0.5, 0.6) is 0 Å². The van der Waals surface area contributed by atoms with Crippen LogP contribution < -0.4 is 0 Å². The Morgan fingerprint density at radius 1 is 1.22 bits per heavy atom. The van der Waals surface area contributed by atoms with Crippen LogP contribution in [0.3, 0.4) is 0 Å². The van der Waals surface area contributed by atoms with Crippen molar-refractivity contribution in [3.05, 3.63) is 60.0 Å². The summed E-state index contributed by atoms with van der Waals surface area (Å²) in [6, 6.07) is 5.05. The van der Waals surface area contributed by atoms with Crippen molar-refractivity contribution < 1.29 is 30.4 Å². The first-order valence-electron chi connectivity index (χ1n) is 7.53. The van der Waals surface area contributed by atoms with Crippen LogP contribution in [0, 0.1) is 0 Å². The van der Waals surface area contributed by atoms with Crippen molar-refractivity contribution in [2.24, 2.45) is 0 Å². The van der Waals surface area contributed by atoms with Gasteiger partial charge in [0.2, 0.25) is 0 Å². The number of aromatic nitrogens is 2. The van der Waals surface area contributed by atoms with Crippen LogP contribution in [0.15, 0.2) is 53.3 Å².